The van der Waals surface area contributed by atoms with Crippen LogP contribution in [0.1, 0.15) is 11.1 Å². The Morgan fingerprint density at radius 2 is 0.923 bits per heavy atom. The molecule has 0 radical (unpaired) electrons. The van der Waals surface area contributed by atoms with Gasteiger partial charge in [0.25, 0.3) is 0 Å². The third-order valence-electron chi connectivity index (χ3n) is 4.95. The van der Waals surface area contributed by atoms with Crippen molar-refractivity contribution in [2.24, 2.45) is 0 Å². The average Bonchev–Trinajstić information content (AvgIpc) is 2.69. The molecule has 0 aliphatic heterocycles. The molecule has 0 saturated heterocycles. The summed E-state index contributed by atoms with van der Waals surface area (Å²) in [7, 11) is 0. The Morgan fingerprint density at radius 1 is 0.423 bits per heavy atom. The van der Waals surface area contributed by atoms with Crippen molar-refractivity contribution >= 4 is 32.3 Å². The molecule has 26 heavy (non-hydrogen) atoms. The maximum Gasteiger partial charge on any atom is -0.0148 e. The number of rotatable bonds is 0. The van der Waals surface area contributed by atoms with E-state index >= 15 is 0 Å². The summed E-state index contributed by atoms with van der Waals surface area (Å²) in [5.74, 6) is 0. The van der Waals surface area contributed by atoms with Gasteiger partial charge in [-0.05, 0) is 57.8 Å². The van der Waals surface area contributed by atoms with Gasteiger partial charge in [-0.2, -0.15) is 0 Å². The molecule has 126 valence electrons. The molecule has 5 aromatic carbocycles. The minimum absolute atomic E-state index is 1.32. The highest BCUT2D eigenvalue weighted by Gasteiger charge is 2.01. The summed E-state index contributed by atoms with van der Waals surface area (Å²) in [6.07, 6.45) is 0. The van der Waals surface area contributed by atoms with Crippen molar-refractivity contribution in [2.75, 3.05) is 0 Å². The second-order valence-corrected chi connectivity index (χ2v) is 6.79. The van der Waals surface area contributed by atoms with E-state index in [0.29, 0.717) is 0 Å². The molecule has 0 aliphatic carbocycles. The molecule has 0 heteroatoms. The lowest BCUT2D eigenvalue weighted by Crippen LogP contribution is -1.81. The number of aryl methyl sites for hydroxylation is 2. The van der Waals surface area contributed by atoms with Gasteiger partial charge in [-0.15, -0.1) is 0 Å². The summed E-state index contributed by atoms with van der Waals surface area (Å²) < 4.78 is 0. The molecule has 0 amide bonds. The van der Waals surface area contributed by atoms with Gasteiger partial charge in [0.05, 0.1) is 0 Å². The molecule has 0 unspecified atom stereocenters. The van der Waals surface area contributed by atoms with Gasteiger partial charge in [0.2, 0.25) is 0 Å². The smallest absolute Gasteiger partial charge is 0.0148 e. The summed E-state index contributed by atoms with van der Waals surface area (Å²) in [6.45, 7) is 4.32. The largest absolute Gasteiger partial charge is 0.0616 e. The van der Waals surface area contributed by atoms with Gasteiger partial charge in [0.15, 0.2) is 0 Å². The molecule has 0 bridgehead atoms. The third kappa shape index (κ3) is 3.19. The molecular formula is C26H22. The highest BCUT2D eigenvalue weighted by atomic mass is 14.1. The van der Waals surface area contributed by atoms with Crippen LogP contribution in [0.25, 0.3) is 32.3 Å². The second-order valence-electron chi connectivity index (χ2n) is 6.79. The molecule has 5 aromatic rings. The SMILES string of the molecule is Cc1c2ccccc2cc2ccccc12.Cc1ccc2ccccc2c1. The van der Waals surface area contributed by atoms with Gasteiger partial charge in [0.1, 0.15) is 0 Å². The summed E-state index contributed by atoms with van der Waals surface area (Å²) in [6, 6.07) is 34.3. The minimum atomic E-state index is 1.32. The van der Waals surface area contributed by atoms with Crippen LogP contribution in [0.15, 0.2) is 97.1 Å². The molecule has 0 aliphatic rings. The van der Waals surface area contributed by atoms with Crippen LogP contribution < -0.4 is 0 Å². The van der Waals surface area contributed by atoms with E-state index in [1.807, 2.05) is 0 Å². The predicted octanol–water partition coefficient (Wildman–Crippen LogP) is 7.45. The van der Waals surface area contributed by atoms with E-state index in [9.17, 15) is 0 Å². The van der Waals surface area contributed by atoms with Gasteiger partial charge in [-0.25, -0.2) is 0 Å². The number of fused-ring (bicyclic) bond motifs is 3. The first kappa shape index (κ1) is 16.4. The number of benzene rings is 5. The third-order valence-corrected chi connectivity index (χ3v) is 4.95. The molecule has 0 N–H and O–H groups in total. The highest BCUT2D eigenvalue weighted by molar-refractivity contribution is 6.01. The highest BCUT2D eigenvalue weighted by Crippen LogP contribution is 2.27. The van der Waals surface area contributed by atoms with Crippen molar-refractivity contribution in [1.29, 1.82) is 0 Å². The van der Waals surface area contributed by atoms with Crippen LogP contribution in [0.2, 0.25) is 0 Å². The van der Waals surface area contributed by atoms with Crippen molar-refractivity contribution < 1.29 is 0 Å². The van der Waals surface area contributed by atoms with Gasteiger partial charge >= 0.3 is 0 Å². The molecule has 5 rings (SSSR count). The lowest BCUT2D eigenvalue weighted by molar-refractivity contribution is 1.51. The molecular weight excluding hydrogens is 312 g/mol. The standard InChI is InChI=1S/C15H12.C11H10/c1-11-14-8-4-2-6-12(14)10-13-7-3-5-9-15(11)13;1-9-6-7-10-4-2-3-5-11(10)8-9/h2-10H,1H3;2-8H,1H3. The van der Waals surface area contributed by atoms with Crippen LogP contribution in [-0.4, -0.2) is 0 Å². The lowest BCUT2D eigenvalue weighted by atomic mass is 9.98. The lowest BCUT2D eigenvalue weighted by Gasteiger charge is -2.06. The van der Waals surface area contributed by atoms with Crippen molar-refractivity contribution in [3.05, 3.63) is 108 Å². The summed E-state index contributed by atoms with van der Waals surface area (Å²) in [5, 5.41) is 8.01. The van der Waals surface area contributed by atoms with E-state index < -0.39 is 0 Å². The summed E-state index contributed by atoms with van der Waals surface area (Å²) in [5.41, 5.74) is 2.70. The number of hydrogen-bond donors (Lipinski definition) is 0. The van der Waals surface area contributed by atoms with Crippen molar-refractivity contribution in [1.82, 2.24) is 0 Å². The van der Waals surface area contributed by atoms with Crippen LogP contribution in [0.3, 0.4) is 0 Å². The fraction of sp³-hybridized carbons (Fsp3) is 0.0769. The average molecular weight is 334 g/mol. The van der Waals surface area contributed by atoms with Gasteiger partial charge in [-0.1, -0.05) is 96.6 Å². The topological polar surface area (TPSA) is 0 Å². The maximum atomic E-state index is 2.26. The van der Waals surface area contributed by atoms with E-state index in [-0.39, 0.29) is 0 Å². The Bertz CT molecular complexity index is 1140. The number of hydrogen-bond acceptors (Lipinski definition) is 0. The van der Waals surface area contributed by atoms with E-state index in [4.69, 9.17) is 0 Å². The Kier molecular flexibility index (Phi) is 4.41. The van der Waals surface area contributed by atoms with Crippen molar-refractivity contribution in [2.45, 2.75) is 13.8 Å². The van der Waals surface area contributed by atoms with Crippen LogP contribution >= 0.6 is 0 Å². The van der Waals surface area contributed by atoms with E-state index in [1.54, 1.807) is 0 Å². The Hall–Kier alpha value is -3.12. The molecule has 0 fully saturated rings. The first-order valence-corrected chi connectivity index (χ1v) is 9.05. The molecule has 0 nitrogen and oxygen atoms in total. The minimum Gasteiger partial charge on any atom is -0.0616 e. The normalized spacial score (nSPS) is 10.7. The van der Waals surface area contributed by atoms with Gasteiger partial charge in [-0.3, -0.25) is 0 Å². The Labute approximate surface area is 154 Å². The fourth-order valence-electron chi connectivity index (χ4n) is 3.55. The van der Waals surface area contributed by atoms with Crippen LogP contribution in [-0.2, 0) is 0 Å². The van der Waals surface area contributed by atoms with Crippen LogP contribution in [0, 0.1) is 13.8 Å². The molecule has 0 spiro atoms. The maximum absolute atomic E-state index is 2.26. The second kappa shape index (κ2) is 7.01. The monoisotopic (exact) mass is 334 g/mol. The molecule has 0 aromatic heterocycles. The summed E-state index contributed by atoms with van der Waals surface area (Å²) >= 11 is 0. The Balaban J connectivity index is 0.000000136. The zero-order chi connectivity index (χ0) is 17.9. The quantitative estimate of drug-likeness (QED) is 0.258. The zero-order valence-corrected chi connectivity index (χ0v) is 15.2. The van der Waals surface area contributed by atoms with Crippen molar-refractivity contribution in [3.8, 4) is 0 Å². The van der Waals surface area contributed by atoms with E-state index in [1.165, 1.54) is 43.4 Å². The van der Waals surface area contributed by atoms with Crippen LogP contribution in [0.5, 0.6) is 0 Å². The fourth-order valence-corrected chi connectivity index (χ4v) is 3.55. The first-order valence-electron chi connectivity index (χ1n) is 9.05. The van der Waals surface area contributed by atoms with Crippen LogP contribution in [0.4, 0.5) is 0 Å². The van der Waals surface area contributed by atoms with E-state index in [0.717, 1.165) is 0 Å². The predicted molar refractivity (Wildman–Crippen MR) is 115 cm³/mol. The first-order chi connectivity index (χ1) is 12.7. The van der Waals surface area contributed by atoms with Gasteiger partial charge in [0, 0.05) is 0 Å². The zero-order valence-electron chi connectivity index (χ0n) is 15.2. The summed E-state index contributed by atoms with van der Waals surface area (Å²) in [4.78, 5) is 0. The van der Waals surface area contributed by atoms with Gasteiger partial charge < -0.3 is 0 Å². The molecule has 0 saturated carbocycles. The molecule has 0 heterocycles. The Morgan fingerprint density at radius 3 is 1.54 bits per heavy atom. The van der Waals surface area contributed by atoms with E-state index in [2.05, 4.69) is 111 Å². The molecule has 0 atom stereocenters. The van der Waals surface area contributed by atoms with Crippen molar-refractivity contribution in [3.63, 3.8) is 0 Å².